The Bertz CT molecular complexity index is 320. The maximum Gasteiger partial charge on any atom is 0.374 e. The number of hydrogen-bond donors (Lipinski definition) is 1. The minimum absolute atomic E-state index is 0.400. The van der Waals surface area contributed by atoms with Gasteiger partial charge in [-0.15, -0.1) is 11.3 Å². The highest BCUT2D eigenvalue weighted by Gasteiger charge is 2.39. The maximum absolute atomic E-state index is 12.7. The molecule has 1 N–H and O–H groups in total. The zero-order valence-corrected chi connectivity index (χ0v) is 7.70. The van der Waals surface area contributed by atoms with E-state index in [9.17, 15) is 13.6 Å². The molecule has 1 aromatic heterocycles. The van der Waals surface area contributed by atoms with E-state index in [1.165, 1.54) is 17.4 Å². The fraction of sp³-hybridized carbons (Fsp3) is 0.375. The summed E-state index contributed by atoms with van der Waals surface area (Å²) in [5.41, 5.74) is 0.400. The van der Waals surface area contributed by atoms with Gasteiger partial charge in [0.05, 0.1) is 0 Å². The van der Waals surface area contributed by atoms with Gasteiger partial charge in [-0.3, -0.25) is 0 Å². The minimum atomic E-state index is -3.66. The molecule has 1 heterocycles. The molecule has 0 aliphatic rings. The lowest BCUT2D eigenvalue weighted by Crippen LogP contribution is -2.30. The van der Waals surface area contributed by atoms with Gasteiger partial charge in [-0.2, -0.15) is 8.78 Å². The number of hydrogen-bond acceptors (Lipinski definition) is 2. The summed E-state index contributed by atoms with van der Waals surface area (Å²) in [6, 6.07) is 1.52. The van der Waals surface area contributed by atoms with Crippen molar-refractivity contribution in [1.82, 2.24) is 0 Å². The Morgan fingerprint density at radius 3 is 2.69 bits per heavy atom. The number of carboxylic acids is 1. The Kier molecular flexibility index (Phi) is 2.66. The van der Waals surface area contributed by atoms with Gasteiger partial charge in [0.15, 0.2) is 0 Å². The molecular formula is C8H8F2O2S. The number of aryl methyl sites for hydroxylation is 1. The Hall–Kier alpha value is -0.970. The summed E-state index contributed by atoms with van der Waals surface area (Å²) < 4.78 is 25.4. The first-order valence-electron chi connectivity index (χ1n) is 3.57. The van der Waals surface area contributed by atoms with Crippen LogP contribution in [0.1, 0.15) is 10.4 Å². The second kappa shape index (κ2) is 3.41. The standard InChI is InChI=1S/C8H8F2O2S/c1-5-6(2-3-13-5)4-8(9,10)7(11)12/h2-3H,4H2,1H3,(H,11,12). The summed E-state index contributed by atoms with van der Waals surface area (Å²) in [5, 5.41) is 9.85. The van der Waals surface area contributed by atoms with Gasteiger partial charge >= 0.3 is 11.9 Å². The van der Waals surface area contributed by atoms with E-state index >= 15 is 0 Å². The van der Waals surface area contributed by atoms with Crippen molar-refractivity contribution in [2.75, 3.05) is 0 Å². The molecule has 0 bridgehead atoms. The van der Waals surface area contributed by atoms with Gasteiger partial charge in [0.1, 0.15) is 0 Å². The molecule has 0 aromatic carbocycles. The van der Waals surface area contributed by atoms with Gasteiger partial charge in [-0.1, -0.05) is 0 Å². The van der Waals surface area contributed by atoms with Gasteiger partial charge in [0.25, 0.3) is 0 Å². The zero-order chi connectivity index (χ0) is 10.1. The van der Waals surface area contributed by atoms with Crippen molar-refractivity contribution >= 4 is 17.3 Å². The number of alkyl halides is 2. The third-order valence-electron chi connectivity index (χ3n) is 1.69. The van der Waals surface area contributed by atoms with Crippen LogP contribution in [0.5, 0.6) is 0 Å². The molecule has 0 spiro atoms. The monoisotopic (exact) mass is 206 g/mol. The lowest BCUT2D eigenvalue weighted by Gasteiger charge is -2.09. The number of halogens is 2. The molecule has 0 fully saturated rings. The van der Waals surface area contributed by atoms with Crippen molar-refractivity contribution in [3.8, 4) is 0 Å². The van der Waals surface area contributed by atoms with E-state index in [0.29, 0.717) is 5.56 Å². The van der Waals surface area contributed by atoms with Crippen molar-refractivity contribution in [3.63, 3.8) is 0 Å². The third kappa shape index (κ3) is 2.24. The number of carboxylic acid groups (broad SMARTS) is 1. The summed E-state index contributed by atoms with van der Waals surface area (Å²) in [6.07, 6.45) is -0.725. The fourth-order valence-corrected chi connectivity index (χ4v) is 1.64. The van der Waals surface area contributed by atoms with Crippen LogP contribution in [0.25, 0.3) is 0 Å². The predicted molar refractivity (Wildman–Crippen MR) is 45.3 cm³/mol. The molecule has 1 rings (SSSR count). The van der Waals surface area contributed by atoms with Gasteiger partial charge in [-0.05, 0) is 23.9 Å². The summed E-state index contributed by atoms with van der Waals surface area (Å²) in [4.78, 5) is 10.8. The highest BCUT2D eigenvalue weighted by molar-refractivity contribution is 7.10. The average molecular weight is 206 g/mol. The van der Waals surface area contributed by atoms with Crippen molar-refractivity contribution < 1.29 is 18.7 Å². The Morgan fingerprint density at radius 2 is 2.31 bits per heavy atom. The Balaban J connectivity index is 2.80. The molecule has 0 amide bonds. The van der Waals surface area contributed by atoms with Crippen LogP contribution in [0, 0.1) is 6.92 Å². The van der Waals surface area contributed by atoms with E-state index in [0.717, 1.165) is 4.88 Å². The molecule has 13 heavy (non-hydrogen) atoms. The number of thiophene rings is 1. The van der Waals surface area contributed by atoms with Gasteiger partial charge in [-0.25, -0.2) is 4.79 Å². The normalized spacial score (nSPS) is 11.6. The summed E-state index contributed by atoms with van der Waals surface area (Å²) >= 11 is 1.33. The van der Waals surface area contributed by atoms with Crippen LogP contribution >= 0.6 is 11.3 Å². The van der Waals surface area contributed by atoms with E-state index < -0.39 is 18.3 Å². The molecule has 0 unspecified atom stereocenters. The first-order chi connectivity index (χ1) is 5.93. The largest absolute Gasteiger partial charge is 0.477 e. The van der Waals surface area contributed by atoms with Crippen LogP contribution in [0.2, 0.25) is 0 Å². The smallest absolute Gasteiger partial charge is 0.374 e. The molecule has 0 saturated heterocycles. The molecule has 0 saturated carbocycles. The summed E-state index contributed by atoms with van der Waals surface area (Å²) in [5.74, 6) is -5.73. The fourth-order valence-electron chi connectivity index (χ4n) is 0.909. The first-order valence-corrected chi connectivity index (χ1v) is 4.45. The highest BCUT2D eigenvalue weighted by Crippen LogP contribution is 2.24. The van der Waals surface area contributed by atoms with Crippen LogP contribution < -0.4 is 0 Å². The number of rotatable bonds is 3. The molecule has 0 aliphatic heterocycles. The van der Waals surface area contributed by atoms with Crippen LogP contribution in [0.4, 0.5) is 8.78 Å². The number of aliphatic carboxylic acids is 1. The molecule has 1 aromatic rings. The highest BCUT2D eigenvalue weighted by atomic mass is 32.1. The van der Waals surface area contributed by atoms with Gasteiger partial charge < -0.3 is 5.11 Å². The topological polar surface area (TPSA) is 37.3 Å². The van der Waals surface area contributed by atoms with E-state index in [1.54, 1.807) is 12.3 Å². The summed E-state index contributed by atoms with van der Waals surface area (Å²) in [7, 11) is 0. The number of carbonyl (C=O) groups is 1. The SMILES string of the molecule is Cc1sccc1CC(F)(F)C(=O)O. The van der Waals surface area contributed by atoms with Crippen molar-refractivity contribution in [2.45, 2.75) is 19.3 Å². The molecule has 5 heteroatoms. The lowest BCUT2D eigenvalue weighted by molar-refractivity contribution is -0.164. The van der Waals surface area contributed by atoms with Gasteiger partial charge in [0, 0.05) is 11.3 Å². The molecule has 0 atom stereocenters. The molecule has 0 radical (unpaired) electrons. The van der Waals surface area contributed by atoms with Crippen molar-refractivity contribution in [2.24, 2.45) is 0 Å². The van der Waals surface area contributed by atoms with Crippen LogP contribution in [0.15, 0.2) is 11.4 Å². The van der Waals surface area contributed by atoms with Crippen LogP contribution in [-0.2, 0) is 11.2 Å². The second-order valence-electron chi connectivity index (χ2n) is 2.69. The van der Waals surface area contributed by atoms with E-state index in [4.69, 9.17) is 5.11 Å². The molecule has 72 valence electrons. The first kappa shape index (κ1) is 10.1. The minimum Gasteiger partial charge on any atom is -0.477 e. The predicted octanol–water partition coefficient (Wildman–Crippen LogP) is 2.32. The van der Waals surface area contributed by atoms with Crippen LogP contribution in [-0.4, -0.2) is 17.0 Å². The molecule has 2 nitrogen and oxygen atoms in total. The molecule has 0 aliphatic carbocycles. The zero-order valence-electron chi connectivity index (χ0n) is 6.88. The van der Waals surface area contributed by atoms with Gasteiger partial charge in [0.2, 0.25) is 0 Å². The van der Waals surface area contributed by atoms with E-state index in [1.807, 2.05) is 0 Å². The van der Waals surface area contributed by atoms with Crippen molar-refractivity contribution in [1.29, 1.82) is 0 Å². The third-order valence-corrected chi connectivity index (χ3v) is 2.58. The maximum atomic E-state index is 12.7. The van der Waals surface area contributed by atoms with E-state index in [-0.39, 0.29) is 0 Å². The van der Waals surface area contributed by atoms with E-state index in [2.05, 4.69) is 0 Å². The average Bonchev–Trinajstić information content (AvgIpc) is 2.35. The van der Waals surface area contributed by atoms with Crippen LogP contribution in [0.3, 0.4) is 0 Å². The van der Waals surface area contributed by atoms with Crippen molar-refractivity contribution in [3.05, 3.63) is 21.9 Å². The second-order valence-corrected chi connectivity index (χ2v) is 3.81. The summed E-state index contributed by atoms with van der Waals surface area (Å²) in [6.45, 7) is 1.69. The Morgan fingerprint density at radius 1 is 1.69 bits per heavy atom. The molecular weight excluding hydrogens is 198 g/mol. The lowest BCUT2D eigenvalue weighted by atomic mass is 10.1. The quantitative estimate of drug-likeness (QED) is 0.824. The Labute approximate surface area is 77.8 Å².